The number of aldehydes is 1. The first-order valence-electron chi connectivity index (χ1n) is 6.74. The average molecular weight is 287 g/mol. The van der Waals surface area contributed by atoms with Crippen molar-refractivity contribution in [1.29, 1.82) is 0 Å². The fourth-order valence-corrected chi connectivity index (χ4v) is 1.77. The van der Waals surface area contributed by atoms with Crippen LogP contribution in [-0.2, 0) is 19.1 Å². The van der Waals surface area contributed by atoms with Gasteiger partial charge in [-0.2, -0.15) is 0 Å². The summed E-state index contributed by atoms with van der Waals surface area (Å²) in [6.45, 7) is 7.12. The molecule has 1 atom stereocenters. The molecule has 0 bridgehead atoms. The first-order chi connectivity index (χ1) is 9.20. The zero-order chi connectivity index (χ0) is 15.8. The van der Waals surface area contributed by atoms with Crippen LogP contribution in [0.25, 0.3) is 0 Å². The molecule has 0 heterocycles. The van der Waals surface area contributed by atoms with Gasteiger partial charge in [0.1, 0.15) is 17.4 Å². The molecule has 0 aliphatic heterocycles. The average Bonchev–Trinajstić information content (AvgIpc) is 2.32. The third-order valence-corrected chi connectivity index (χ3v) is 2.71. The number of nitrogens with one attached hydrogen (secondary N) is 1. The van der Waals surface area contributed by atoms with Crippen molar-refractivity contribution in [2.24, 2.45) is 0 Å². The van der Waals surface area contributed by atoms with Gasteiger partial charge in [0.2, 0.25) is 0 Å². The Kier molecular flexibility index (Phi) is 7.24. The van der Waals surface area contributed by atoms with Gasteiger partial charge >= 0.3 is 12.1 Å². The maximum absolute atomic E-state index is 12.0. The SMILES string of the molecule is CCCC[C@](CC=O)(NC(=O)OC(C)(C)C)C(=O)OC. The first kappa shape index (κ1) is 18.4. The quantitative estimate of drug-likeness (QED) is 0.573. The van der Waals surface area contributed by atoms with Crippen molar-refractivity contribution in [2.45, 2.75) is 64.5 Å². The van der Waals surface area contributed by atoms with Gasteiger partial charge in [0.25, 0.3) is 0 Å². The van der Waals surface area contributed by atoms with E-state index in [-0.39, 0.29) is 6.42 Å². The Labute approximate surface area is 120 Å². The van der Waals surface area contributed by atoms with Gasteiger partial charge in [-0.25, -0.2) is 9.59 Å². The molecule has 1 amide bonds. The second-order valence-electron chi connectivity index (χ2n) is 5.67. The fourth-order valence-electron chi connectivity index (χ4n) is 1.77. The number of methoxy groups -OCH3 is 1. The minimum absolute atomic E-state index is 0.140. The smallest absolute Gasteiger partial charge is 0.408 e. The lowest BCUT2D eigenvalue weighted by Crippen LogP contribution is -2.56. The maximum Gasteiger partial charge on any atom is 0.408 e. The van der Waals surface area contributed by atoms with Gasteiger partial charge in [0.15, 0.2) is 0 Å². The van der Waals surface area contributed by atoms with Crippen molar-refractivity contribution in [3.05, 3.63) is 0 Å². The minimum atomic E-state index is -1.35. The molecule has 0 aromatic heterocycles. The number of unbranched alkanes of at least 4 members (excludes halogenated alkanes) is 1. The van der Waals surface area contributed by atoms with E-state index >= 15 is 0 Å². The van der Waals surface area contributed by atoms with E-state index in [4.69, 9.17) is 9.47 Å². The Morgan fingerprint density at radius 2 is 1.85 bits per heavy atom. The summed E-state index contributed by atoms with van der Waals surface area (Å²) in [4.78, 5) is 34.7. The van der Waals surface area contributed by atoms with Gasteiger partial charge in [-0.15, -0.1) is 0 Å². The Morgan fingerprint density at radius 1 is 1.25 bits per heavy atom. The summed E-state index contributed by atoms with van der Waals surface area (Å²) in [5.74, 6) is -0.635. The zero-order valence-electron chi connectivity index (χ0n) is 12.9. The fraction of sp³-hybridized carbons (Fsp3) is 0.786. The molecular weight excluding hydrogens is 262 g/mol. The topological polar surface area (TPSA) is 81.7 Å². The van der Waals surface area contributed by atoms with Gasteiger partial charge in [-0.1, -0.05) is 19.8 Å². The van der Waals surface area contributed by atoms with Gasteiger partial charge in [-0.05, 0) is 27.2 Å². The summed E-state index contributed by atoms with van der Waals surface area (Å²) in [7, 11) is 1.23. The van der Waals surface area contributed by atoms with Gasteiger partial charge < -0.3 is 19.6 Å². The summed E-state index contributed by atoms with van der Waals surface area (Å²) < 4.78 is 9.87. The Bertz CT molecular complexity index is 348. The Hall–Kier alpha value is -1.59. The van der Waals surface area contributed by atoms with Crippen LogP contribution in [0.5, 0.6) is 0 Å². The summed E-state index contributed by atoms with van der Waals surface area (Å²) in [6, 6.07) is 0. The van der Waals surface area contributed by atoms with Crippen LogP contribution in [0.4, 0.5) is 4.79 Å². The van der Waals surface area contributed by atoms with Gasteiger partial charge in [0, 0.05) is 6.42 Å². The Balaban J connectivity index is 5.11. The van der Waals surface area contributed by atoms with Crippen LogP contribution in [0.3, 0.4) is 0 Å². The van der Waals surface area contributed by atoms with Gasteiger partial charge in [-0.3, -0.25) is 0 Å². The molecule has 1 N–H and O–H groups in total. The second kappa shape index (κ2) is 7.87. The molecule has 6 nitrogen and oxygen atoms in total. The van der Waals surface area contributed by atoms with Crippen molar-refractivity contribution in [3.63, 3.8) is 0 Å². The number of rotatable bonds is 7. The molecule has 0 rings (SSSR count). The highest BCUT2D eigenvalue weighted by Crippen LogP contribution is 2.21. The van der Waals surface area contributed by atoms with Crippen molar-refractivity contribution in [3.8, 4) is 0 Å². The van der Waals surface area contributed by atoms with Crippen LogP contribution in [0, 0.1) is 0 Å². The standard InChI is InChI=1S/C14H25NO5/c1-6-7-8-14(9-10-16,11(17)19-5)15-12(18)20-13(2,3)4/h10H,6-9H2,1-5H3,(H,15,18)/t14-/m1/s1. The largest absolute Gasteiger partial charge is 0.467 e. The van der Waals surface area contributed by atoms with Crippen LogP contribution < -0.4 is 5.32 Å². The number of esters is 1. The predicted octanol–water partition coefficient (Wildman–Crippen LogP) is 2.20. The molecule has 0 fully saturated rings. The molecule has 6 heteroatoms. The maximum atomic E-state index is 12.0. The summed E-state index contributed by atoms with van der Waals surface area (Å²) in [5, 5.41) is 2.51. The third-order valence-electron chi connectivity index (χ3n) is 2.71. The number of carbonyl (C=O) groups excluding carboxylic acids is 3. The van der Waals surface area contributed by atoms with E-state index in [1.54, 1.807) is 20.8 Å². The number of carbonyl (C=O) groups is 3. The van der Waals surface area contributed by atoms with E-state index in [0.717, 1.165) is 6.42 Å². The molecule has 0 aromatic carbocycles. The van der Waals surface area contributed by atoms with Crippen molar-refractivity contribution < 1.29 is 23.9 Å². The minimum Gasteiger partial charge on any atom is -0.467 e. The van der Waals surface area contributed by atoms with Crippen molar-refractivity contribution >= 4 is 18.3 Å². The number of amides is 1. The molecule has 0 aliphatic carbocycles. The number of hydrogen-bond donors (Lipinski definition) is 1. The van der Waals surface area contributed by atoms with Crippen LogP contribution in [0.2, 0.25) is 0 Å². The van der Waals surface area contributed by atoms with Crippen LogP contribution in [0.15, 0.2) is 0 Å². The van der Waals surface area contributed by atoms with E-state index in [1.807, 2.05) is 6.92 Å². The molecule has 20 heavy (non-hydrogen) atoms. The number of alkyl carbamates (subject to hydrolysis) is 1. The first-order valence-corrected chi connectivity index (χ1v) is 6.74. The Morgan fingerprint density at radius 3 is 2.25 bits per heavy atom. The molecule has 0 unspecified atom stereocenters. The highest BCUT2D eigenvalue weighted by Gasteiger charge is 2.41. The van der Waals surface area contributed by atoms with E-state index in [2.05, 4.69) is 5.32 Å². The molecule has 0 radical (unpaired) electrons. The lowest BCUT2D eigenvalue weighted by molar-refractivity contribution is -0.150. The second-order valence-corrected chi connectivity index (χ2v) is 5.67. The molecule has 0 saturated carbocycles. The highest BCUT2D eigenvalue weighted by atomic mass is 16.6. The molecule has 0 aliphatic rings. The van der Waals surface area contributed by atoms with Crippen LogP contribution >= 0.6 is 0 Å². The normalized spacial score (nSPS) is 14.1. The molecular formula is C14H25NO5. The monoisotopic (exact) mass is 287 g/mol. The highest BCUT2D eigenvalue weighted by molar-refractivity contribution is 5.88. The van der Waals surface area contributed by atoms with E-state index in [0.29, 0.717) is 19.1 Å². The van der Waals surface area contributed by atoms with E-state index in [1.165, 1.54) is 7.11 Å². The molecule has 0 aromatic rings. The number of hydrogen-bond acceptors (Lipinski definition) is 5. The third kappa shape index (κ3) is 6.04. The molecule has 0 saturated heterocycles. The molecule has 0 spiro atoms. The van der Waals surface area contributed by atoms with Crippen LogP contribution in [-0.4, -0.2) is 36.6 Å². The van der Waals surface area contributed by atoms with E-state index in [9.17, 15) is 14.4 Å². The van der Waals surface area contributed by atoms with Crippen molar-refractivity contribution in [2.75, 3.05) is 7.11 Å². The summed E-state index contributed by atoms with van der Waals surface area (Å²) in [6.07, 6.45) is 1.56. The van der Waals surface area contributed by atoms with E-state index < -0.39 is 23.2 Å². The number of ether oxygens (including phenoxy) is 2. The summed E-state index contributed by atoms with van der Waals surface area (Å²) >= 11 is 0. The summed E-state index contributed by atoms with van der Waals surface area (Å²) in [5.41, 5.74) is -2.03. The van der Waals surface area contributed by atoms with Crippen molar-refractivity contribution in [1.82, 2.24) is 5.32 Å². The zero-order valence-corrected chi connectivity index (χ0v) is 12.9. The molecule has 116 valence electrons. The lowest BCUT2D eigenvalue weighted by Gasteiger charge is -2.31. The van der Waals surface area contributed by atoms with Crippen LogP contribution in [0.1, 0.15) is 53.4 Å². The van der Waals surface area contributed by atoms with Gasteiger partial charge in [0.05, 0.1) is 7.11 Å². The predicted molar refractivity (Wildman–Crippen MR) is 74.3 cm³/mol. The lowest BCUT2D eigenvalue weighted by atomic mass is 9.89.